The zero-order valence-corrected chi connectivity index (χ0v) is 19.6. The molecule has 3 aromatic rings. The molecule has 0 atom stereocenters. The number of fused-ring (bicyclic) bond motifs is 1. The summed E-state index contributed by atoms with van der Waals surface area (Å²) >= 11 is 0. The Kier molecular flexibility index (Phi) is 7.73. The van der Waals surface area contributed by atoms with Crippen LogP contribution in [0.4, 0.5) is 0 Å². The van der Waals surface area contributed by atoms with Crippen LogP contribution in [0.1, 0.15) is 37.7 Å². The van der Waals surface area contributed by atoms with Crippen LogP contribution in [0.25, 0.3) is 10.9 Å². The summed E-state index contributed by atoms with van der Waals surface area (Å²) in [5.41, 5.74) is 1.77. The number of pyridine rings is 1. The Labute approximate surface area is 195 Å². The smallest absolute Gasteiger partial charge is 0.242 e. The largest absolute Gasteiger partial charge is 0.356 e. The van der Waals surface area contributed by atoms with Gasteiger partial charge in [0.15, 0.2) is 0 Å². The second-order valence-electron chi connectivity index (χ2n) is 8.78. The molecular formula is C26H31N3O3S. The van der Waals surface area contributed by atoms with Crippen molar-refractivity contribution in [3.8, 4) is 0 Å². The second kappa shape index (κ2) is 10.9. The van der Waals surface area contributed by atoms with Crippen LogP contribution in [0.2, 0.25) is 0 Å². The van der Waals surface area contributed by atoms with Gasteiger partial charge < -0.3 is 5.32 Å². The fraction of sp³-hybridized carbons (Fsp3) is 0.385. The Balaban J connectivity index is 1.21. The van der Waals surface area contributed by atoms with Gasteiger partial charge in [0.1, 0.15) is 4.90 Å². The zero-order chi connectivity index (χ0) is 23.1. The van der Waals surface area contributed by atoms with Crippen molar-refractivity contribution < 1.29 is 13.2 Å². The standard InChI is InChI=1S/C26H31N3O3S/c30-26(28-18-5-9-20-7-2-1-3-8-20)23-15-13-21(14-16-23)19-29-33(31,32)24-12-4-10-22-11-6-17-27-25(22)24/h1-4,6-8,10-12,17,21,23,29H,5,9,13-16,18-19H2,(H,28,30). The van der Waals surface area contributed by atoms with Gasteiger partial charge in [-0.2, -0.15) is 0 Å². The summed E-state index contributed by atoms with van der Waals surface area (Å²) in [4.78, 5) is 17.0. The Bertz CT molecular complexity index is 1170. The van der Waals surface area contributed by atoms with Gasteiger partial charge in [-0.15, -0.1) is 0 Å². The molecule has 0 unspecified atom stereocenters. The Morgan fingerprint density at radius 3 is 2.48 bits per heavy atom. The lowest BCUT2D eigenvalue weighted by Crippen LogP contribution is -2.36. The van der Waals surface area contributed by atoms with Crippen molar-refractivity contribution >= 4 is 26.8 Å². The van der Waals surface area contributed by atoms with Crippen molar-refractivity contribution in [2.75, 3.05) is 13.1 Å². The van der Waals surface area contributed by atoms with Crippen molar-refractivity contribution in [2.45, 2.75) is 43.4 Å². The van der Waals surface area contributed by atoms with Gasteiger partial charge in [-0.3, -0.25) is 9.78 Å². The molecule has 1 fully saturated rings. The van der Waals surface area contributed by atoms with Gasteiger partial charge >= 0.3 is 0 Å². The molecule has 1 aromatic heterocycles. The van der Waals surface area contributed by atoms with E-state index in [-0.39, 0.29) is 22.6 Å². The number of hydrogen-bond acceptors (Lipinski definition) is 4. The Morgan fingerprint density at radius 1 is 0.939 bits per heavy atom. The summed E-state index contributed by atoms with van der Waals surface area (Å²) in [6.45, 7) is 1.07. The summed E-state index contributed by atoms with van der Waals surface area (Å²) in [7, 11) is -3.65. The van der Waals surface area contributed by atoms with Gasteiger partial charge in [-0.1, -0.05) is 48.5 Å². The fourth-order valence-electron chi connectivity index (χ4n) is 4.52. The minimum Gasteiger partial charge on any atom is -0.356 e. The van der Waals surface area contributed by atoms with Crippen LogP contribution in [-0.2, 0) is 21.2 Å². The molecule has 4 rings (SSSR count). The van der Waals surface area contributed by atoms with Gasteiger partial charge in [0.25, 0.3) is 0 Å². The zero-order valence-electron chi connectivity index (χ0n) is 18.7. The van der Waals surface area contributed by atoms with Crippen LogP contribution in [0, 0.1) is 11.8 Å². The number of hydrogen-bond donors (Lipinski definition) is 2. The molecule has 33 heavy (non-hydrogen) atoms. The molecule has 1 heterocycles. The number of carbonyl (C=O) groups is 1. The number of amides is 1. The number of nitrogens with zero attached hydrogens (tertiary/aromatic N) is 1. The Hall–Kier alpha value is -2.77. The highest BCUT2D eigenvalue weighted by Gasteiger charge is 2.27. The summed E-state index contributed by atoms with van der Waals surface area (Å²) in [6.07, 6.45) is 6.78. The molecule has 6 nitrogen and oxygen atoms in total. The summed E-state index contributed by atoms with van der Waals surface area (Å²) < 4.78 is 28.6. The van der Waals surface area contributed by atoms with Crippen LogP contribution in [0.5, 0.6) is 0 Å². The number of sulfonamides is 1. The molecule has 0 radical (unpaired) electrons. The van der Waals surface area contributed by atoms with Gasteiger partial charge in [0, 0.05) is 30.6 Å². The quantitative estimate of drug-likeness (QED) is 0.466. The first-order chi connectivity index (χ1) is 16.0. The molecule has 1 saturated carbocycles. The van der Waals surface area contributed by atoms with Crippen molar-refractivity contribution in [3.63, 3.8) is 0 Å². The highest BCUT2D eigenvalue weighted by atomic mass is 32.2. The third-order valence-electron chi connectivity index (χ3n) is 6.45. The van der Waals surface area contributed by atoms with E-state index in [0.29, 0.717) is 18.6 Å². The fourth-order valence-corrected chi connectivity index (χ4v) is 5.81. The number of para-hydroxylation sites is 1. The maximum Gasteiger partial charge on any atom is 0.242 e. The number of nitrogens with one attached hydrogen (secondary N) is 2. The molecule has 174 valence electrons. The van der Waals surface area contributed by atoms with Gasteiger partial charge in [-0.25, -0.2) is 13.1 Å². The SMILES string of the molecule is O=C(NCCCc1ccccc1)C1CCC(CNS(=O)(=O)c2cccc3cccnc23)CC1. The van der Waals surface area contributed by atoms with Gasteiger partial charge in [0.2, 0.25) is 15.9 Å². The lowest BCUT2D eigenvalue weighted by molar-refractivity contribution is -0.126. The van der Waals surface area contributed by atoms with E-state index in [1.807, 2.05) is 30.3 Å². The third-order valence-corrected chi connectivity index (χ3v) is 7.90. The highest BCUT2D eigenvalue weighted by Crippen LogP contribution is 2.29. The lowest BCUT2D eigenvalue weighted by atomic mass is 9.81. The van der Waals surface area contributed by atoms with Crippen molar-refractivity contribution in [1.29, 1.82) is 0 Å². The number of aryl methyl sites for hydroxylation is 1. The predicted molar refractivity (Wildman–Crippen MR) is 130 cm³/mol. The first-order valence-corrected chi connectivity index (χ1v) is 13.2. The van der Waals surface area contributed by atoms with E-state index in [0.717, 1.165) is 43.9 Å². The molecule has 2 N–H and O–H groups in total. The van der Waals surface area contributed by atoms with Crippen LogP contribution in [0.15, 0.2) is 71.8 Å². The lowest BCUT2D eigenvalue weighted by Gasteiger charge is -2.28. The average Bonchev–Trinajstić information content (AvgIpc) is 2.86. The number of rotatable bonds is 9. The van der Waals surface area contributed by atoms with Crippen LogP contribution < -0.4 is 10.0 Å². The number of aromatic nitrogens is 1. The highest BCUT2D eigenvalue weighted by molar-refractivity contribution is 7.89. The third kappa shape index (κ3) is 6.18. The maximum absolute atomic E-state index is 12.9. The predicted octanol–water partition coefficient (Wildman–Crippen LogP) is 4.07. The molecule has 0 saturated heterocycles. The van der Waals surface area contributed by atoms with E-state index < -0.39 is 10.0 Å². The first kappa shape index (κ1) is 23.4. The molecule has 2 aromatic carbocycles. The van der Waals surface area contributed by atoms with E-state index in [1.54, 1.807) is 24.4 Å². The van der Waals surface area contributed by atoms with E-state index >= 15 is 0 Å². The summed E-state index contributed by atoms with van der Waals surface area (Å²) in [5, 5.41) is 3.88. The second-order valence-corrected chi connectivity index (χ2v) is 10.5. The normalized spacial score (nSPS) is 18.8. The summed E-state index contributed by atoms with van der Waals surface area (Å²) in [5.74, 6) is 0.394. The molecule has 0 spiro atoms. The van der Waals surface area contributed by atoms with Crippen LogP contribution in [-0.4, -0.2) is 32.4 Å². The molecular weight excluding hydrogens is 434 g/mol. The van der Waals surface area contributed by atoms with E-state index in [9.17, 15) is 13.2 Å². The molecule has 7 heteroatoms. The Morgan fingerprint density at radius 2 is 1.70 bits per heavy atom. The van der Waals surface area contributed by atoms with Crippen molar-refractivity contribution in [1.82, 2.24) is 15.0 Å². The molecule has 1 aliphatic rings. The summed E-state index contributed by atoms with van der Waals surface area (Å²) in [6, 6.07) is 19.1. The minimum atomic E-state index is -3.65. The topological polar surface area (TPSA) is 88.2 Å². The van der Waals surface area contributed by atoms with Crippen molar-refractivity contribution in [2.24, 2.45) is 11.8 Å². The molecule has 1 amide bonds. The monoisotopic (exact) mass is 465 g/mol. The van der Waals surface area contributed by atoms with Crippen LogP contribution >= 0.6 is 0 Å². The maximum atomic E-state index is 12.9. The van der Waals surface area contributed by atoms with E-state index in [4.69, 9.17) is 0 Å². The average molecular weight is 466 g/mol. The minimum absolute atomic E-state index is 0.0249. The first-order valence-electron chi connectivity index (χ1n) is 11.7. The van der Waals surface area contributed by atoms with Crippen LogP contribution in [0.3, 0.4) is 0 Å². The van der Waals surface area contributed by atoms with Gasteiger partial charge in [0.05, 0.1) is 5.52 Å². The van der Waals surface area contributed by atoms with E-state index in [1.165, 1.54) is 5.56 Å². The van der Waals surface area contributed by atoms with Gasteiger partial charge in [-0.05, 0) is 62.1 Å². The number of carbonyl (C=O) groups excluding carboxylic acids is 1. The van der Waals surface area contributed by atoms with Crippen molar-refractivity contribution in [3.05, 3.63) is 72.4 Å². The number of benzene rings is 2. The molecule has 0 aliphatic heterocycles. The van der Waals surface area contributed by atoms with E-state index in [2.05, 4.69) is 27.2 Å². The molecule has 1 aliphatic carbocycles. The molecule has 0 bridgehead atoms.